The van der Waals surface area contributed by atoms with E-state index in [0.29, 0.717) is 11.8 Å². The fraction of sp³-hybridized carbons (Fsp3) is 0.500. The molecular formula is C30H38N3O+. The molecule has 0 aromatic carbocycles. The van der Waals surface area contributed by atoms with E-state index in [-0.39, 0.29) is 17.0 Å². The predicted octanol–water partition coefficient (Wildman–Crippen LogP) is 6.03. The molecule has 2 atom stereocenters. The Kier molecular flexibility index (Phi) is 5.54. The van der Waals surface area contributed by atoms with Crippen LogP contribution in [0.2, 0.25) is 0 Å². The van der Waals surface area contributed by atoms with Gasteiger partial charge in [-0.05, 0) is 56.6 Å². The van der Waals surface area contributed by atoms with E-state index < -0.39 is 0 Å². The molecule has 5 rings (SSSR count). The summed E-state index contributed by atoms with van der Waals surface area (Å²) in [5.74, 6) is 1.05. The highest BCUT2D eigenvalue weighted by Gasteiger charge is 2.43. The number of pyridine rings is 2. The molecule has 3 aromatic rings. The van der Waals surface area contributed by atoms with Gasteiger partial charge < -0.3 is 0 Å². The maximum absolute atomic E-state index is 14.0. The average Bonchev–Trinajstić information content (AvgIpc) is 2.78. The maximum atomic E-state index is 14.0. The highest BCUT2D eigenvalue weighted by molar-refractivity contribution is 5.97. The average molecular weight is 457 g/mol. The van der Waals surface area contributed by atoms with E-state index in [1.165, 1.54) is 27.5 Å². The van der Waals surface area contributed by atoms with Gasteiger partial charge in [0.1, 0.15) is 11.2 Å². The molecule has 0 bridgehead atoms. The lowest BCUT2D eigenvalue weighted by Crippen LogP contribution is -2.50. The van der Waals surface area contributed by atoms with Crippen LogP contribution < -0.4 is 9.96 Å². The number of hydrogen-bond acceptors (Lipinski definition) is 2. The summed E-state index contributed by atoms with van der Waals surface area (Å²) in [7, 11) is 0. The number of aromatic nitrogens is 3. The molecule has 4 heteroatoms. The first-order valence-corrected chi connectivity index (χ1v) is 13.0. The molecule has 0 saturated heterocycles. The topological polar surface area (TPSA) is 39.0 Å². The van der Waals surface area contributed by atoms with Crippen molar-refractivity contribution in [3.8, 4) is 0 Å². The zero-order valence-electron chi connectivity index (χ0n) is 21.8. The number of rotatable bonds is 5. The summed E-state index contributed by atoms with van der Waals surface area (Å²) in [4.78, 5) is 18.9. The van der Waals surface area contributed by atoms with Gasteiger partial charge in [0.25, 0.3) is 5.65 Å². The fourth-order valence-electron chi connectivity index (χ4n) is 6.74. The van der Waals surface area contributed by atoms with Crippen molar-refractivity contribution in [1.82, 2.24) is 9.55 Å². The van der Waals surface area contributed by atoms with Gasteiger partial charge in [0, 0.05) is 29.6 Å². The maximum Gasteiger partial charge on any atom is 0.338 e. The van der Waals surface area contributed by atoms with E-state index in [1.807, 2.05) is 6.07 Å². The van der Waals surface area contributed by atoms with Gasteiger partial charge in [0.15, 0.2) is 0 Å². The van der Waals surface area contributed by atoms with Crippen molar-refractivity contribution < 1.29 is 4.40 Å². The Morgan fingerprint density at radius 2 is 1.97 bits per heavy atom. The van der Waals surface area contributed by atoms with Crippen LogP contribution in [0.4, 0.5) is 0 Å². The minimum Gasteiger partial charge on any atom is -0.260 e. The largest absolute Gasteiger partial charge is 0.338 e. The first-order valence-electron chi connectivity index (χ1n) is 13.0. The van der Waals surface area contributed by atoms with E-state index >= 15 is 0 Å². The molecule has 1 aliphatic heterocycles. The number of nitrogens with zero attached hydrogens (tertiary/aromatic N) is 3. The lowest BCUT2D eigenvalue weighted by atomic mass is 9.78. The van der Waals surface area contributed by atoms with Gasteiger partial charge in [-0.1, -0.05) is 57.9 Å². The van der Waals surface area contributed by atoms with Crippen molar-refractivity contribution in [2.75, 3.05) is 0 Å². The van der Waals surface area contributed by atoms with Crippen LogP contribution in [0.5, 0.6) is 0 Å². The van der Waals surface area contributed by atoms with Gasteiger partial charge in [-0.3, -0.25) is 4.98 Å². The normalized spacial score (nSPS) is 21.4. The molecule has 0 amide bonds. The Morgan fingerprint density at radius 3 is 2.62 bits per heavy atom. The number of allylic oxidation sites excluding steroid dienone is 4. The Hall–Kier alpha value is -2.75. The molecule has 2 unspecified atom stereocenters. The number of hydrogen-bond donors (Lipinski definition) is 0. The van der Waals surface area contributed by atoms with Crippen LogP contribution in [0.1, 0.15) is 84.2 Å². The SMILES string of the molecule is CCC1(CC)Cc2cnc(CC(C)C)c3cc[n+]4c(C5C(C)=CC(C)=CC5C)cc(=O)n1c4c23. The van der Waals surface area contributed by atoms with E-state index in [0.717, 1.165) is 42.7 Å². The summed E-state index contributed by atoms with van der Waals surface area (Å²) < 4.78 is 4.47. The standard InChI is InChI=1S/C30H38N3O/c1-8-30(9-2)16-22-17-31-24(12-18(3)4)23-10-11-32-25(15-26(34)33(30)29(32)28(22)23)27-20(6)13-19(5)14-21(27)7/h10-11,13-15,17-18,20,27H,8-9,12,16H2,1-7H3/q+1. The van der Waals surface area contributed by atoms with E-state index in [1.54, 1.807) is 0 Å². The van der Waals surface area contributed by atoms with Crippen molar-refractivity contribution in [2.45, 2.75) is 85.6 Å². The van der Waals surface area contributed by atoms with Crippen molar-refractivity contribution in [2.24, 2.45) is 11.8 Å². The van der Waals surface area contributed by atoms with Crippen LogP contribution in [-0.2, 0) is 18.4 Å². The first-order chi connectivity index (χ1) is 16.2. The third-order valence-electron chi connectivity index (χ3n) is 8.33. The Labute approximate surface area is 203 Å². The summed E-state index contributed by atoms with van der Waals surface area (Å²) in [6, 6.07) is 4.17. The van der Waals surface area contributed by atoms with Gasteiger partial charge in [-0.2, -0.15) is 4.57 Å². The third kappa shape index (κ3) is 3.29. The monoisotopic (exact) mass is 456 g/mol. The fourth-order valence-corrected chi connectivity index (χ4v) is 6.74. The molecule has 4 nitrogen and oxygen atoms in total. The molecule has 0 saturated carbocycles. The highest BCUT2D eigenvalue weighted by Crippen LogP contribution is 2.41. The molecule has 1 aliphatic carbocycles. The smallest absolute Gasteiger partial charge is 0.260 e. The van der Waals surface area contributed by atoms with Crippen LogP contribution in [0.25, 0.3) is 16.4 Å². The van der Waals surface area contributed by atoms with Gasteiger partial charge >= 0.3 is 5.56 Å². The van der Waals surface area contributed by atoms with Crippen molar-refractivity contribution >= 4 is 16.4 Å². The molecule has 0 fully saturated rings. The molecular weight excluding hydrogens is 418 g/mol. The van der Waals surface area contributed by atoms with Crippen molar-refractivity contribution in [3.05, 3.63) is 75.1 Å². The molecule has 34 heavy (non-hydrogen) atoms. The quantitative estimate of drug-likeness (QED) is 0.347. The second kappa shape index (κ2) is 8.18. The van der Waals surface area contributed by atoms with E-state index in [9.17, 15) is 4.79 Å². The summed E-state index contributed by atoms with van der Waals surface area (Å²) in [6.07, 6.45) is 12.5. The van der Waals surface area contributed by atoms with E-state index in [2.05, 4.69) is 88.0 Å². The molecule has 4 heterocycles. The molecule has 2 aliphatic rings. The lowest BCUT2D eigenvalue weighted by Gasteiger charge is -2.35. The zero-order valence-corrected chi connectivity index (χ0v) is 21.8. The van der Waals surface area contributed by atoms with Crippen molar-refractivity contribution in [3.63, 3.8) is 0 Å². The molecule has 3 aromatic heterocycles. The molecule has 178 valence electrons. The first kappa shape index (κ1) is 23.0. The Morgan fingerprint density at radius 1 is 1.24 bits per heavy atom. The van der Waals surface area contributed by atoms with Crippen LogP contribution >= 0.6 is 0 Å². The van der Waals surface area contributed by atoms with Gasteiger partial charge in [0.05, 0.1) is 17.6 Å². The second-order valence-electron chi connectivity index (χ2n) is 11.1. The summed E-state index contributed by atoms with van der Waals surface area (Å²) >= 11 is 0. The van der Waals surface area contributed by atoms with E-state index in [4.69, 9.17) is 4.98 Å². The zero-order chi connectivity index (χ0) is 24.4. The van der Waals surface area contributed by atoms with Crippen LogP contribution in [0.15, 0.2) is 52.6 Å². The minimum absolute atomic E-state index is 0.130. The van der Waals surface area contributed by atoms with Gasteiger partial charge in [0.2, 0.25) is 0 Å². The summed E-state index contributed by atoms with van der Waals surface area (Å²) in [5, 5.41) is 2.43. The molecule has 0 N–H and O–H groups in total. The van der Waals surface area contributed by atoms with Gasteiger partial charge in [-0.15, -0.1) is 0 Å². The summed E-state index contributed by atoms with van der Waals surface area (Å²) in [5.41, 5.74) is 7.11. The molecule has 0 radical (unpaired) electrons. The van der Waals surface area contributed by atoms with Crippen LogP contribution in [0, 0.1) is 11.8 Å². The van der Waals surface area contributed by atoms with Crippen molar-refractivity contribution in [1.29, 1.82) is 0 Å². The highest BCUT2D eigenvalue weighted by atomic mass is 16.1. The van der Waals surface area contributed by atoms with Crippen LogP contribution in [0.3, 0.4) is 0 Å². The van der Waals surface area contributed by atoms with Crippen LogP contribution in [-0.4, -0.2) is 9.55 Å². The predicted molar refractivity (Wildman–Crippen MR) is 139 cm³/mol. The Balaban J connectivity index is 1.93. The Bertz CT molecular complexity index is 1420. The second-order valence-corrected chi connectivity index (χ2v) is 11.1. The molecule has 0 spiro atoms. The third-order valence-corrected chi connectivity index (χ3v) is 8.33. The minimum atomic E-state index is -0.219. The summed E-state index contributed by atoms with van der Waals surface area (Å²) in [6.45, 7) is 15.6. The van der Waals surface area contributed by atoms with Gasteiger partial charge in [-0.25, -0.2) is 9.20 Å². The lowest BCUT2D eigenvalue weighted by molar-refractivity contribution is -0.527.